The summed E-state index contributed by atoms with van der Waals surface area (Å²) < 4.78 is 38.0. The minimum atomic E-state index is -3.64. The minimum absolute atomic E-state index is 0.0455. The third kappa shape index (κ3) is 2.37. The molecule has 3 rings (SSSR count). The zero-order valence-electron chi connectivity index (χ0n) is 11.6. The summed E-state index contributed by atoms with van der Waals surface area (Å²) in [5.41, 5.74) is 6.58. The second-order valence-electron chi connectivity index (χ2n) is 4.77. The Hall–Kier alpha value is -2.62. The van der Waals surface area contributed by atoms with Gasteiger partial charge in [0.1, 0.15) is 5.82 Å². The van der Waals surface area contributed by atoms with Crippen molar-refractivity contribution in [2.45, 2.75) is 12.1 Å². The highest BCUT2D eigenvalue weighted by Crippen LogP contribution is 2.21. The van der Waals surface area contributed by atoms with Crippen LogP contribution in [0.15, 0.2) is 23.4 Å². The summed E-state index contributed by atoms with van der Waals surface area (Å²) in [5.74, 6) is -0.713. The van der Waals surface area contributed by atoms with Gasteiger partial charge >= 0.3 is 0 Å². The number of nitrogen functional groups attached to an aromatic ring is 1. The van der Waals surface area contributed by atoms with Crippen molar-refractivity contribution in [2.75, 3.05) is 12.0 Å². The first-order valence-electron chi connectivity index (χ1n) is 6.12. The first-order valence-corrected chi connectivity index (χ1v) is 8.02. The minimum Gasteiger partial charge on any atom is -0.368 e. The molecule has 114 valence electrons. The highest BCUT2D eigenvalue weighted by atomic mass is 32.2. The number of hydrogen-bond donors (Lipinski definition) is 1. The van der Waals surface area contributed by atoms with Gasteiger partial charge in [0, 0.05) is 6.26 Å². The Morgan fingerprint density at radius 3 is 2.59 bits per heavy atom. The zero-order valence-corrected chi connectivity index (χ0v) is 12.5. The third-order valence-electron chi connectivity index (χ3n) is 2.91. The van der Waals surface area contributed by atoms with Crippen LogP contribution in [0.25, 0.3) is 17.2 Å². The summed E-state index contributed by atoms with van der Waals surface area (Å²) in [6.07, 6.45) is 0.954. The first kappa shape index (κ1) is 14.3. The van der Waals surface area contributed by atoms with Crippen molar-refractivity contribution in [1.29, 1.82) is 0 Å². The number of hydrogen-bond acceptors (Lipinski definition) is 7. The van der Waals surface area contributed by atoms with Crippen molar-refractivity contribution in [3.63, 3.8) is 0 Å². The van der Waals surface area contributed by atoms with E-state index in [2.05, 4.69) is 20.1 Å². The standard InChI is InChI=1S/C12H11FN6O2S/c1-6-3-4-7(8(13)5-6)9-15-11-17-12(22(2,20)21)16-10(14)19(11)18-9/h3-5H,1-2H3,(H2,14,15,16,17,18). The molecule has 0 aliphatic heterocycles. The topological polar surface area (TPSA) is 116 Å². The van der Waals surface area contributed by atoms with Gasteiger partial charge in [0.25, 0.3) is 10.9 Å². The molecule has 0 bridgehead atoms. The van der Waals surface area contributed by atoms with Crippen molar-refractivity contribution in [2.24, 2.45) is 0 Å². The molecule has 0 aliphatic carbocycles. The molecule has 0 atom stereocenters. The highest BCUT2D eigenvalue weighted by molar-refractivity contribution is 7.90. The van der Waals surface area contributed by atoms with Crippen LogP contribution in [0.4, 0.5) is 10.3 Å². The number of sulfone groups is 1. The van der Waals surface area contributed by atoms with Crippen LogP contribution in [0.5, 0.6) is 0 Å². The van der Waals surface area contributed by atoms with Crippen LogP contribution in [-0.2, 0) is 9.84 Å². The summed E-state index contributed by atoms with van der Waals surface area (Å²) in [4.78, 5) is 11.5. The van der Waals surface area contributed by atoms with E-state index in [4.69, 9.17) is 5.73 Å². The van der Waals surface area contributed by atoms with E-state index in [-0.39, 0.29) is 23.1 Å². The average molecular weight is 322 g/mol. The maximum Gasteiger partial charge on any atom is 0.258 e. The predicted octanol–water partition coefficient (Wildman–Crippen LogP) is 0.620. The summed E-state index contributed by atoms with van der Waals surface area (Å²) in [6.45, 7) is 1.76. The summed E-state index contributed by atoms with van der Waals surface area (Å²) >= 11 is 0. The molecule has 0 spiro atoms. The second kappa shape index (κ2) is 4.70. The van der Waals surface area contributed by atoms with Gasteiger partial charge in [-0.15, -0.1) is 5.10 Å². The number of aryl methyl sites for hydroxylation is 1. The van der Waals surface area contributed by atoms with E-state index in [1.807, 2.05) is 0 Å². The average Bonchev–Trinajstić information content (AvgIpc) is 2.81. The molecule has 0 unspecified atom stereocenters. The summed E-state index contributed by atoms with van der Waals surface area (Å²) in [5, 5.41) is 3.56. The van der Waals surface area contributed by atoms with Crippen LogP contribution in [0, 0.1) is 12.7 Å². The van der Waals surface area contributed by atoms with Gasteiger partial charge in [-0.2, -0.15) is 19.5 Å². The van der Waals surface area contributed by atoms with E-state index in [1.165, 1.54) is 12.1 Å². The molecule has 0 saturated carbocycles. The Labute approximate surface area is 124 Å². The SMILES string of the molecule is Cc1ccc(-c2nc3nc(S(C)(=O)=O)nc(N)n3n2)c(F)c1. The number of nitrogens with two attached hydrogens (primary N) is 1. The van der Waals surface area contributed by atoms with E-state index < -0.39 is 20.8 Å². The number of fused-ring (bicyclic) bond motifs is 1. The van der Waals surface area contributed by atoms with Crippen LogP contribution < -0.4 is 5.73 Å². The molecule has 2 aromatic heterocycles. The van der Waals surface area contributed by atoms with E-state index >= 15 is 0 Å². The van der Waals surface area contributed by atoms with Gasteiger partial charge in [-0.3, -0.25) is 0 Å². The summed E-state index contributed by atoms with van der Waals surface area (Å²) in [6, 6.07) is 4.58. The molecule has 0 saturated heterocycles. The number of halogens is 1. The Kier molecular flexibility index (Phi) is 3.06. The molecule has 22 heavy (non-hydrogen) atoms. The van der Waals surface area contributed by atoms with Gasteiger partial charge in [-0.05, 0) is 24.6 Å². The fourth-order valence-corrected chi connectivity index (χ4v) is 2.37. The lowest BCUT2D eigenvalue weighted by Crippen LogP contribution is -2.11. The summed E-state index contributed by atoms with van der Waals surface area (Å²) in [7, 11) is -3.64. The number of benzene rings is 1. The Morgan fingerprint density at radius 1 is 1.23 bits per heavy atom. The van der Waals surface area contributed by atoms with Gasteiger partial charge < -0.3 is 5.73 Å². The fourth-order valence-electron chi connectivity index (χ4n) is 1.87. The fraction of sp³-hybridized carbons (Fsp3) is 0.167. The van der Waals surface area contributed by atoms with Crippen LogP contribution in [0.3, 0.4) is 0 Å². The van der Waals surface area contributed by atoms with Crippen LogP contribution >= 0.6 is 0 Å². The number of anilines is 1. The van der Waals surface area contributed by atoms with Crippen molar-refractivity contribution in [3.8, 4) is 11.4 Å². The molecule has 1 aromatic carbocycles. The second-order valence-corrected chi connectivity index (χ2v) is 6.68. The van der Waals surface area contributed by atoms with Crippen LogP contribution in [0.1, 0.15) is 5.56 Å². The molecule has 0 amide bonds. The van der Waals surface area contributed by atoms with E-state index in [1.54, 1.807) is 13.0 Å². The van der Waals surface area contributed by atoms with Crippen molar-refractivity contribution >= 4 is 21.6 Å². The maximum atomic E-state index is 14.0. The molecular weight excluding hydrogens is 311 g/mol. The van der Waals surface area contributed by atoms with E-state index in [0.717, 1.165) is 16.3 Å². The van der Waals surface area contributed by atoms with E-state index in [0.29, 0.717) is 0 Å². The van der Waals surface area contributed by atoms with Gasteiger partial charge in [0.15, 0.2) is 5.82 Å². The lowest BCUT2D eigenvalue weighted by atomic mass is 10.1. The Balaban J connectivity index is 2.24. The van der Waals surface area contributed by atoms with Crippen molar-refractivity contribution < 1.29 is 12.8 Å². The number of rotatable bonds is 2. The molecule has 2 heterocycles. The van der Waals surface area contributed by atoms with Crippen LogP contribution in [0.2, 0.25) is 0 Å². The van der Waals surface area contributed by atoms with Crippen molar-refractivity contribution in [1.82, 2.24) is 24.6 Å². The largest absolute Gasteiger partial charge is 0.368 e. The Morgan fingerprint density at radius 2 is 1.95 bits per heavy atom. The van der Waals surface area contributed by atoms with Gasteiger partial charge in [0.05, 0.1) is 5.56 Å². The zero-order chi connectivity index (χ0) is 16.1. The molecule has 0 aliphatic rings. The quantitative estimate of drug-likeness (QED) is 0.735. The molecule has 0 fully saturated rings. The van der Waals surface area contributed by atoms with Gasteiger partial charge in [-0.25, -0.2) is 12.8 Å². The molecular formula is C12H11FN6O2S. The third-order valence-corrected chi connectivity index (χ3v) is 3.76. The highest BCUT2D eigenvalue weighted by Gasteiger charge is 2.18. The maximum absolute atomic E-state index is 14.0. The number of aromatic nitrogens is 5. The molecule has 2 N–H and O–H groups in total. The van der Waals surface area contributed by atoms with Gasteiger partial charge in [0.2, 0.25) is 15.8 Å². The van der Waals surface area contributed by atoms with E-state index in [9.17, 15) is 12.8 Å². The predicted molar refractivity (Wildman–Crippen MR) is 76.2 cm³/mol. The lowest BCUT2D eigenvalue weighted by molar-refractivity contribution is 0.592. The Bertz CT molecular complexity index is 998. The molecule has 3 aromatic rings. The normalized spacial score (nSPS) is 12.0. The van der Waals surface area contributed by atoms with Crippen LogP contribution in [-0.4, -0.2) is 39.2 Å². The molecule has 0 radical (unpaired) electrons. The molecule has 8 nitrogen and oxygen atoms in total. The van der Waals surface area contributed by atoms with Crippen molar-refractivity contribution in [3.05, 3.63) is 29.6 Å². The van der Waals surface area contributed by atoms with Gasteiger partial charge in [-0.1, -0.05) is 6.07 Å². The smallest absolute Gasteiger partial charge is 0.258 e. The first-order chi connectivity index (χ1) is 10.3. The number of nitrogens with zero attached hydrogens (tertiary/aromatic N) is 5. The molecule has 10 heteroatoms. The monoisotopic (exact) mass is 322 g/mol. The lowest BCUT2D eigenvalue weighted by Gasteiger charge is -1.99.